The van der Waals surface area contributed by atoms with E-state index in [4.69, 9.17) is 9.47 Å². The van der Waals surface area contributed by atoms with Crippen LogP contribution < -0.4 is 0 Å². The van der Waals surface area contributed by atoms with E-state index in [2.05, 4.69) is 6.92 Å². The Morgan fingerprint density at radius 3 is 2.15 bits per heavy atom. The summed E-state index contributed by atoms with van der Waals surface area (Å²) in [6.07, 6.45) is 4.19. The van der Waals surface area contributed by atoms with E-state index in [0.29, 0.717) is 47.8 Å². The van der Waals surface area contributed by atoms with Gasteiger partial charge in [0.2, 0.25) is 0 Å². The van der Waals surface area contributed by atoms with Gasteiger partial charge in [-0.2, -0.15) is 0 Å². The lowest BCUT2D eigenvalue weighted by Gasteiger charge is -2.29. The maximum atomic E-state index is 14.8. The van der Waals surface area contributed by atoms with Gasteiger partial charge in [-0.1, -0.05) is 67.6 Å². The van der Waals surface area contributed by atoms with E-state index in [0.717, 1.165) is 12.0 Å². The first-order valence-corrected chi connectivity index (χ1v) is 11.2. The molecule has 2 nitrogen and oxygen atoms in total. The fraction of sp³-hybridized carbons (Fsp3) is 0.286. The van der Waals surface area contributed by atoms with Crippen molar-refractivity contribution in [1.29, 1.82) is 0 Å². The number of halogens is 3. The molecule has 1 aliphatic rings. The lowest BCUT2D eigenvalue weighted by atomic mass is 9.97. The van der Waals surface area contributed by atoms with Crippen molar-refractivity contribution in [3.8, 4) is 22.3 Å². The zero-order valence-electron chi connectivity index (χ0n) is 18.8. The molecular weight excluding hydrogens is 425 g/mol. The Kier molecular flexibility index (Phi) is 7.31. The molecule has 4 rings (SSSR count). The van der Waals surface area contributed by atoms with E-state index in [-0.39, 0.29) is 5.56 Å². The molecule has 3 aromatic carbocycles. The van der Waals surface area contributed by atoms with Crippen LogP contribution in [0.5, 0.6) is 0 Å². The largest absolute Gasteiger partial charge is 0.348 e. The van der Waals surface area contributed by atoms with Gasteiger partial charge in [-0.25, -0.2) is 13.2 Å². The minimum absolute atomic E-state index is 0.196. The topological polar surface area (TPSA) is 18.5 Å². The van der Waals surface area contributed by atoms with E-state index in [1.54, 1.807) is 54.6 Å². The molecule has 33 heavy (non-hydrogen) atoms. The molecule has 0 spiro atoms. The molecule has 1 heterocycles. The normalized spacial score (nSPS) is 18.7. The molecule has 1 fully saturated rings. The fourth-order valence-corrected chi connectivity index (χ4v) is 3.91. The van der Waals surface area contributed by atoms with Crippen LogP contribution in [-0.4, -0.2) is 13.2 Å². The Morgan fingerprint density at radius 2 is 1.52 bits per heavy atom. The van der Waals surface area contributed by atoms with Crippen molar-refractivity contribution in [2.45, 2.75) is 33.0 Å². The Morgan fingerprint density at radius 1 is 0.848 bits per heavy atom. The molecule has 0 N–H and O–H groups in total. The summed E-state index contributed by atoms with van der Waals surface area (Å²) in [5.41, 5.74) is 2.89. The summed E-state index contributed by atoms with van der Waals surface area (Å²) >= 11 is 0. The molecular formula is C28H27F3O2. The van der Waals surface area contributed by atoms with Gasteiger partial charge in [-0.3, -0.25) is 0 Å². The van der Waals surface area contributed by atoms with Gasteiger partial charge < -0.3 is 9.47 Å². The number of ether oxygens (including phenoxy) is 2. The van der Waals surface area contributed by atoms with Gasteiger partial charge in [-0.15, -0.1) is 0 Å². The smallest absolute Gasteiger partial charge is 0.186 e. The van der Waals surface area contributed by atoms with Crippen molar-refractivity contribution in [3.63, 3.8) is 0 Å². The van der Waals surface area contributed by atoms with Gasteiger partial charge >= 0.3 is 0 Å². The summed E-state index contributed by atoms with van der Waals surface area (Å²) in [6.45, 7) is 5.01. The van der Waals surface area contributed by atoms with Gasteiger partial charge in [0.15, 0.2) is 17.9 Å². The molecule has 1 aliphatic heterocycles. The van der Waals surface area contributed by atoms with Gasteiger partial charge in [-0.05, 0) is 48.1 Å². The standard InChI is InChI=1S/C28H27F3O2/c1-3-5-6-21-11-13-23(27(31)26(21)30)20-9-7-19(8-10-20)22-12-14-24(25(29)15-22)28-32-16-18(4-2)17-33-28/h3,5,7-15,18,28H,4,6,16-17H2,1-2H3/b5-3-. The van der Waals surface area contributed by atoms with Crippen LogP contribution in [0.25, 0.3) is 22.3 Å². The van der Waals surface area contributed by atoms with Gasteiger partial charge in [0.1, 0.15) is 5.82 Å². The number of rotatable bonds is 6. The second-order valence-electron chi connectivity index (χ2n) is 8.26. The van der Waals surface area contributed by atoms with Crippen LogP contribution in [-0.2, 0) is 15.9 Å². The molecule has 0 aliphatic carbocycles. The quantitative estimate of drug-likeness (QED) is 0.358. The van der Waals surface area contributed by atoms with Crippen LogP contribution in [0.1, 0.15) is 37.7 Å². The molecule has 1 saturated heterocycles. The monoisotopic (exact) mass is 452 g/mol. The summed E-state index contributed by atoms with van der Waals surface area (Å²) in [5.74, 6) is -1.76. The predicted octanol–water partition coefficient (Wildman–Crippen LogP) is 7.63. The summed E-state index contributed by atoms with van der Waals surface area (Å²) < 4.78 is 55.2. The van der Waals surface area contributed by atoms with E-state index >= 15 is 0 Å². The summed E-state index contributed by atoms with van der Waals surface area (Å²) in [5, 5.41) is 0. The lowest BCUT2D eigenvalue weighted by Crippen LogP contribution is -2.27. The zero-order valence-corrected chi connectivity index (χ0v) is 18.8. The Hall–Kier alpha value is -2.89. The number of benzene rings is 3. The van der Waals surface area contributed by atoms with Crippen molar-refractivity contribution >= 4 is 0 Å². The Balaban J connectivity index is 1.53. The maximum Gasteiger partial charge on any atom is 0.186 e. The Bertz CT molecular complexity index is 1130. The Labute approximate surface area is 192 Å². The van der Waals surface area contributed by atoms with Gasteiger partial charge in [0, 0.05) is 17.0 Å². The summed E-state index contributed by atoms with van der Waals surface area (Å²) in [4.78, 5) is 0. The average molecular weight is 453 g/mol. The predicted molar refractivity (Wildman–Crippen MR) is 124 cm³/mol. The zero-order chi connectivity index (χ0) is 23.4. The molecule has 172 valence electrons. The molecule has 0 bridgehead atoms. The van der Waals surface area contributed by atoms with Crippen LogP contribution >= 0.6 is 0 Å². The highest BCUT2D eigenvalue weighted by atomic mass is 19.2. The van der Waals surface area contributed by atoms with Gasteiger partial charge in [0.25, 0.3) is 0 Å². The lowest BCUT2D eigenvalue weighted by molar-refractivity contribution is -0.206. The van der Waals surface area contributed by atoms with Crippen molar-refractivity contribution in [2.24, 2.45) is 5.92 Å². The summed E-state index contributed by atoms with van der Waals surface area (Å²) in [7, 11) is 0. The van der Waals surface area contributed by atoms with E-state index in [1.807, 2.05) is 13.0 Å². The first kappa shape index (κ1) is 23.3. The third kappa shape index (κ3) is 5.05. The molecule has 5 heteroatoms. The molecule has 0 atom stereocenters. The molecule has 0 amide bonds. The number of hydrogen-bond donors (Lipinski definition) is 0. The van der Waals surface area contributed by atoms with Crippen LogP contribution in [0, 0.1) is 23.4 Å². The van der Waals surface area contributed by atoms with E-state index in [1.165, 1.54) is 6.07 Å². The SMILES string of the molecule is C/C=C\Cc1ccc(-c2ccc(-c3ccc(C4OCC(CC)CO4)c(F)c3)cc2)c(F)c1F. The second-order valence-corrected chi connectivity index (χ2v) is 8.26. The second kappa shape index (κ2) is 10.4. The maximum absolute atomic E-state index is 14.8. The molecule has 0 radical (unpaired) electrons. The van der Waals surface area contributed by atoms with Gasteiger partial charge in [0.05, 0.1) is 13.2 Å². The molecule has 3 aromatic rings. The third-order valence-corrected chi connectivity index (χ3v) is 6.06. The highest BCUT2D eigenvalue weighted by molar-refractivity contribution is 5.71. The van der Waals surface area contributed by atoms with Crippen molar-refractivity contribution < 1.29 is 22.6 Å². The van der Waals surface area contributed by atoms with Crippen molar-refractivity contribution in [3.05, 3.63) is 95.3 Å². The van der Waals surface area contributed by atoms with Crippen LogP contribution in [0.3, 0.4) is 0 Å². The molecule has 0 saturated carbocycles. The minimum Gasteiger partial charge on any atom is -0.348 e. The summed E-state index contributed by atoms with van der Waals surface area (Å²) in [6, 6.07) is 15.1. The third-order valence-electron chi connectivity index (χ3n) is 6.06. The van der Waals surface area contributed by atoms with Crippen LogP contribution in [0.15, 0.2) is 66.7 Å². The van der Waals surface area contributed by atoms with E-state index in [9.17, 15) is 13.2 Å². The number of hydrogen-bond acceptors (Lipinski definition) is 2. The van der Waals surface area contributed by atoms with Crippen LogP contribution in [0.2, 0.25) is 0 Å². The highest BCUT2D eigenvalue weighted by Gasteiger charge is 2.25. The fourth-order valence-electron chi connectivity index (χ4n) is 3.91. The molecule has 0 aromatic heterocycles. The first-order valence-electron chi connectivity index (χ1n) is 11.2. The first-order chi connectivity index (χ1) is 16.0. The average Bonchev–Trinajstić information content (AvgIpc) is 2.85. The van der Waals surface area contributed by atoms with E-state index < -0.39 is 23.7 Å². The number of allylic oxidation sites excluding steroid dienone is 2. The minimum atomic E-state index is -0.863. The van der Waals surface area contributed by atoms with Crippen LogP contribution in [0.4, 0.5) is 13.2 Å². The van der Waals surface area contributed by atoms with Crippen molar-refractivity contribution in [1.82, 2.24) is 0 Å². The van der Waals surface area contributed by atoms with Crippen molar-refractivity contribution in [2.75, 3.05) is 13.2 Å². The highest BCUT2D eigenvalue weighted by Crippen LogP contribution is 2.32. The molecule has 0 unspecified atom stereocenters.